The standard InChI is InChI=1S/C3H5ClSi/c1-2-3-5-4/h2-3H,1H3/b3-2+. The molecule has 0 bridgehead atoms. The average molecular weight is 105 g/mol. The van der Waals surface area contributed by atoms with Crippen molar-refractivity contribution < 1.29 is 0 Å². The van der Waals surface area contributed by atoms with E-state index in [0.29, 0.717) is 8.83 Å². The van der Waals surface area contributed by atoms with Crippen molar-refractivity contribution in [2.75, 3.05) is 0 Å². The van der Waals surface area contributed by atoms with E-state index in [-0.39, 0.29) is 0 Å². The van der Waals surface area contributed by atoms with Crippen molar-refractivity contribution in [2.24, 2.45) is 0 Å². The molecule has 0 unspecified atom stereocenters. The Hall–Kier alpha value is 0.247. The molecule has 0 saturated heterocycles. The van der Waals surface area contributed by atoms with Gasteiger partial charge in [-0.3, -0.25) is 0 Å². The minimum atomic E-state index is 0.449. The molecule has 0 aliphatic rings. The van der Waals surface area contributed by atoms with E-state index in [1.165, 1.54) is 0 Å². The van der Waals surface area contributed by atoms with Crippen LogP contribution in [0.2, 0.25) is 0 Å². The van der Waals surface area contributed by atoms with E-state index in [0.717, 1.165) is 0 Å². The lowest BCUT2D eigenvalue weighted by atomic mass is 10.8. The van der Waals surface area contributed by atoms with Gasteiger partial charge in [0.05, 0.1) is 0 Å². The number of hydrogen-bond acceptors (Lipinski definition) is 0. The molecule has 2 radical (unpaired) electrons. The Kier molecular flexibility index (Phi) is 4.46. The van der Waals surface area contributed by atoms with Gasteiger partial charge in [0, 0.05) is 0 Å². The maximum Gasteiger partial charge on any atom is 0.202 e. The number of hydrogen-bond donors (Lipinski definition) is 0. The summed E-state index contributed by atoms with van der Waals surface area (Å²) in [5, 5.41) is 0. The molecule has 0 heterocycles. The fourth-order valence-corrected chi connectivity index (χ4v) is 0.567. The zero-order valence-electron chi connectivity index (χ0n) is 3.03. The second kappa shape index (κ2) is 4.25. The average Bonchev–Trinajstić information content (AvgIpc) is 1.41. The van der Waals surface area contributed by atoms with Gasteiger partial charge in [-0.1, -0.05) is 11.8 Å². The van der Waals surface area contributed by atoms with Crippen LogP contribution in [-0.2, 0) is 0 Å². The van der Waals surface area contributed by atoms with E-state index in [9.17, 15) is 0 Å². The monoisotopic (exact) mass is 104 g/mol. The van der Waals surface area contributed by atoms with Gasteiger partial charge >= 0.3 is 0 Å². The molecule has 0 aromatic rings. The van der Waals surface area contributed by atoms with Gasteiger partial charge < -0.3 is 0 Å². The highest BCUT2D eigenvalue weighted by Crippen LogP contribution is 1.68. The predicted octanol–water partition coefficient (Wildman–Crippen LogP) is 1.38. The normalized spacial score (nSPS) is 10.0. The molecule has 0 nitrogen and oxygen atoms in total. The molecule has 0 saturated carbocycles. The summed E-state index contributed by atoms with van der Waals surface area (Å²) in [4.78, 5) is 0. The van der Waals surface area contributed by atoms with Crippen LogP contribution in [0.3, 0.4) is 0 Å². The number of halogens is 1. The predicted molar refractivity (Wildman–Crippen MR) is 26.4 cm³/mol. The first-order valence-corrected chi connectivity index (χ1v) is 3.48. The molecule has 0 aromatic carbocycles. The van der Waals surface area contributed by atoms with E-state index in [1.54, 1.807) is 0 Å². The summed E-state index contributed by atoms with van der Waals surface area (Å²) in [7, 11) is 0.449. The Balaban J connectivity index is 2.62. The zero-order chi connectivity index (χ0) is 4.12. The fraction of sp³-hybridized carbons (Fsp3) is 0.333. The Morgan fingerprint density at radius 1 is 1.80 bits per heavy atom. The highest BCUT2D eigenvalue weighted by Gasteiger charge is 1.59. The van der Waals surface area contributed by atoms with E-state index in [4.69, 9.17) is 11.1 Å². The molecule has 0 N–H and O–H groups in total. The van der Waals surface area contributed by atoms with Crippen molar-refractivity contribution in [1.29, 1.82) is 0 Å². The zero-order valence-corrected chi connectivity index (χ0v) is 4.79. The Morgan fingerprint density at radius 3 is 2.40 bits per heavy atom. The van der Waals surface area contributed by atoms with Gasteiger partial charge in [-0.05, 0) is 6.92 Å². The molecule has 0 aliphatic carbocycles. The van der Waals surface area contributed by atoms with Crippen LogP contribution in [0.25, 0.3) is 0 Å². The maximum absolute atomic E-state index is 5.24. The lowest BCUT2D eigenvalue weighted by Gasteiger charge is -1.59. The summed E-state index contributed by atoms with van der Waals surface area (Å²) >= 11 is 5.24. The lowest BCUT2D eigenvalue weighted by Crippen LogP contribution is -1.58. The van der Waals surface area contributed by atoms with Gasteiger partial charge in [-0.15, -0.1) is 0 Å². The third-order valence-electron chi connectivity index (χ3n) is 0.230. The number of allylic oxidation sites excluding steroid dienone is 1. The highest BCUT2D eigenvalue weighted by atomic mass is 35.6. The van der Waals surface area contributed by atoms with Crippen LogP contribution in [0, 0.1) is 0 Å². The van der Waals surface area contributed by atoms with E-state index < -0.39 is 0 Å². The smallest absolute Gasteiger partial charge is 0.165 e. The van der Waals surface area contributed by atoms with Crippen molar-refractivity contribution in [2.45, 2.75) is 6.92 Å². The molecule has 5 heavy (non-hydrogen) atoms. The summed E-state index contributed by atoms with van der Waals surface area (Å²) in [5.74, 6) is 0. The van der Waals surface area contributed by atoms with Crippen LogP contribution in [-0.4, -0.2) is 8.83 Å². The van der Waals surface area contributed by atoms with Crippen molar-refractivity contribution in [1.82, 2.24) is 0 Å². The summed E-state index contributed by atoms with van der Waals surface area (Å²) in [5.41, 5.74) is 1.92. The summed E-state index contributed by atoms with van der Waals surface area (Å²) < 4.78 is 0. The van der Waals surface area contributed by atoms with Gasteiger partial charge in [-0.25, -0.2) is 0 Å². The summed E-state index contributed by atoms with van der Waals surface area (Å²) in [6.45, 7) is 1.95. The molecule has 0 fully saturated rings. The first-order chi connectivity index (χ1) is 2.41. The van der Waals surface area contributed by atoms with Crippen molar-refractivity contribution >= 4 is 19.9 Å². The SMILES string of the molecule is C/C=C/[Si]Cl. The third kappa shape index (κ3) is 4.25. The van der Waals surface area contributed by atoms with Crippen molar-refractivity contribution in [3.05, 3.63) is 11.8 Å². The van der Waals surface area contributed by atoms with E-state index >= 15 is 0 Å². The molecular weight excluding hydrogens is 99.6 g/mol. The van der Waals surface area contributed by atoms with Crippen LogP contribution in [0.1, 0.15) is 6.92 Å². The van der Waals surface area contributed by atoms with Gasteiger partial charge in [0.15, 0.2) is 0 Å². The lowest BCUT2D eigenvalue weighted by molar-refractivity contribution is 1.78. The van der Waals surface area contributed by atoms with Crippen LogP contribution in [0.15, 0.2) is 11.8 Å². The molecule has 0 amide bonds. The van der Waals surface area contributed by atoms with E-state index in [1.807, 2.05) is 18.7 Å². The molecular formula is C3H5ClSi. The maximum atomic E-state index is 5.24. The van der Waals surface area contributed by atoms with Crippen LogP contribution >= 0.6 is 11.1 Å². The van der Waals surface area contributed by atoms with Crippen LogP contribution in [0.5, 0.6) is 0 Å². The first-order valence-electron chi connectivity index (χ1n) is 1.39. The van der Waals surface area contributed by atoms with Crippen LogP contribution < -0.4 is 0 Å². The minimum Gasteiger partial charge on any atom is -0.165 e. The molecule has 0 atom stereocenters. The number of rotatable bonds is 1. The Labute approximate surface area is 39.4 Å². The van der Waals surface area contributed by atoms with Gasteiger partial charge in [0.25, 0.3) is 0 Å². The molecule has 0 spiro atoms. The van der Waals surface area contributed by atoms with E-state index in [2.05, 4.69) is 0 Å². The summed E-state index contributed by atoms with van der Waals surface area (Å²) in [6, 6.07) is 0. The topological polar surface area (TPSA) is 0 Å². The fourth-order valence-electron chi connectivity index (χ4n) is 0.0630. The third-order valence-corrected chi connectivity index (χ3v) is 1.07. The highest BCUT2D eigenvalue weighted by molar-refractivity contribution is 6.96. The van der Waals surface area contributed by atoms with Crippen LogP contribution in [0.4, 0.5) is 0 Å². The molecule has 0 aromatic heterocycles. The second-order valence-corrected chi connectivity index (χ2v) is 1.82. The van der Waals surface area contributed by atoms with Crippen molar-refractivity contribution in [3.8, 4) is 0 Å². The Bertz CT molecular complexity index is 33.9. The molecule has 28 valence electrons. The van der Waals surface area contributed by atoms with Crippen molar-refractivity contribution in [3.63, 3.8) is 0 Å². The van der Waals surface area contributed by atoms with Gasteiger partial charge in [0.2, 0.25) is 8.83 Å². The minimum absolute atomic E-state index is 0.449. The van der Waals surface area contributed by atoms with Gasteiger partial charge in [0.1, 0.15) is 0 Å². The quantitative estimate of drug-likeness (QED) is 0.348. The molecule has 0 aliphatic heterocycles. The van der Waals surface area contributed by atoms with Gasteiger partial charge in [-0.2, -0.15) is 11.1 Å². The largest absolute Gasteiger partial charge is 0.202 e. The molecule has 0 rings (SSSR count). The molecule has 2 heteroatoms. The second-order valence-electron chi connectivity index (χ2n) is 0.609. The summed E-state index contributed by atoms with van der Waals surface area (Å²) in [6.07, 6.45) is 1.94. The first kappa shape index (κ1) is 5.25. The Morgan fingerprint density at radius 2 is 2.40 bits per heavy atom.